The molecular weight excluding hydrogens is 332 g/mol. The number of amides is 2. The van der Waals surface area contributed by atoms with Crippen molar-refractivity contribution >= 4 is 35.0 Å². The molecule has 1 heterocycles. The molecule has 5 heteroatoms. The van der Waals surface area contributed by atoms with Gasteiger partial charge in [-0.15, -0.1) is 11.8 Å². The van der Waals surface area contributed by atoms with E-state index in [1.54, 1.807) is 4.90 Å². The third-order valence-corrected chi connectivity index (χ3v) is 4.91. The maximum absolute atomic E-state index is 12.6. The lowest BCUT2D eigenvalue weighted by atomic mass is 10.1. The Morgan fingerprint density at radius 1 is 1.08 bits per heavy atom. The first-order valence-electron chi connectivity index (χ1n) is 8.10. The first-order chi connectivity index (χ1) is 12.1. The van der Waals surface area contributed by atoms with Gasteiger partial charge in [-0.25, -0.2) is 0 Å². The molecule has 2 amide bonds. The smallest absolute Gasteiger partial charge is 0.244 e. The predicted molar refractivity (Wildman–Crippen MR) is 103 cm³/mol. The molecule has 2 aromatic carbocycles. The molecule has 3 rings (SSSR count). The molecule has 0 saturated carbocycles. The molecule has 0 aliphatic carbocycles. The number of rotatable bonds is 4. The van der Waals surface area contributed by atoms with Crippen LogP contribution in [0.5, 0.6) is 0 Å². The molecule has 0 spiro atoms. The number of hydrogen-bond acceptors (Lipinski definition) is 3. The van der Waals surface area contributed by atoms with Crippen LogP contribution in [0.15, 0.2) is 53.9 Å². The summed E-state index contributed by atoms with van der Waals surface area (Å²) in [5.74, 6) is 0.106. The number of benzene rings is 2. The van der Waals surface area contributed by atoms with Crippen molar-refractivity contribution in [2.24, 2.45) is 0 Å². The van der Waals surface area contributed by atoms with Gasteiger partial charge in [0.1, 0.15) is 6.54 Å². The number of carbonyl (C=O) groups is 2. The summed E-state index contributed by atoms with van der Waals surface area (Å²) < 4.78 is 0. The molecule has 1 aliphatic rings. The lowest BCUT2D eigenvalue weighted by molar-refractivity contribution is -0.129. The minimum absolute atomic E-state index is 0.00783. The number of para-hydroxylation sites is 1. The number of nitrogens with one attached hydrogen (secondary N) is 1. The summed E-state index contributed by atoms with van der Waals surface area (Å²) in [6.07, 6.45) is 0. The van der Waals surface area contributed by atoms with E-state index in [1.165, 1.54) is 11.8 Å². The van der Waals surface area contributed by atoms with Crippen LogP contribution in [0.25, 0.3) is 5.70 Å². The van der Waals surface area contributed by atoms with E-state index < -0.39 is 0 Å². The van der Waals surface area contributed by atoms with Crippen LogP contribution in [0.2, 0.25) is 0 Å². The van der Waals surface area contributed by atoms with E-state index >= 15 is 0 Å². The van der Waals surface area contributed by atoms with Crippen molar-refractivity contribution in [2.75, 3.05) is 17.6 Å². The van der Waals surface area contributed by atoms with Crippen LogP contribution >= 0.6 is 11.8 Å². The van der Waals surface area contributed by atoms with Crippen molar-refractivity contribution in [1.82, 2.24) is 4.90 Å². The van der Waals surface area contributed by atoms with Crippen LogP contribution in [0.4, 0.5) is 5.69 Å². The van der Waals surface area contributed by atoms with Gasteiger partial charge < -0.3 is 10.2 Å². The fourth-order valence-electron chi connectivity index (χ4n) is 2.81. The molecule has 128 valence electrons. The summed E-state index contributed by atoms with van der Waals surface area (Å²) >= 11 is 1.46. The number of aryl methyl sites for hydroxylation is 2. The minimum atomic E-state index is -0.195. The Balaban J connectivity index is 1.80. The summed E-state index contributed by atoms with van der Waals surface area (Å²) in [6.45, 7) is 3.93. The second kappa shape index (κ2) is 7.57. The fourth-order valence-corrected chi connectivity index (χ4v) is 3.61. The number of carbonyl (C=O) groups excluding carboxylic acids is 2. The highest BCUT2D eigenvalue weighted by Crippen LogP contribution is 2.28. The molecule has 2 aromatic rings. The topological polar surface area (TPSA) is 49.4 Å². The van der Waals surface area contributed by atoms with Gasteiger partial charge in [0.05, 0.1) is 11.4 Å². The van der Waals surface area contributed by atoms with Crippen molar-refractivity contribution in [3.05, 3.63) is 70.6 Å². The van der Waals surface area contributed by atoms with E-state index in [-0.39, 0.29) is 18.4 Å². The van der Waals surface area contributed by atoms with Gasteiger partial charge in [0.2, 0.25) is 11.8 Å². The lowest BCUT2D eigenvalue weighted by Gasteiger charge is -2.28. The van der Waals surface area contributed by atoms with Gasteiger partial charge in [-0.2, -0.15) is 0 Å². The highest BCUT2D eigenvalue weighted by Gasteiger charge is 2.25. The van der Waals surface area contributed by atoms with Crippen LogP contribution in [0, 0.1) is 13.8 Å². The standard InChI is InChI=1S/C20H20N2O2S/c1-14-7-6-8-15(2)20(14)21-18(23)11-22-17(12-25-13-19(22)24)16-9-4-3-5-10-16/h3-10,12H,11,13H2,1-2H3,(H,21,23). The monoisotopic (exact) mass is 352 g/mol. The van der Waals surface area contributed by atoms with Gasteiger partial charge in [-0.1, -0.05) is 48.5 Å². The van der Waals surface area contributed by atoms with Crippen molar-refractivity contribution in [3.63, 3.8) is 0 Å². The predicted octanol–water partition coefficient (Wildman–Crippen LogP) is 3.82. The van der Waals surface area contributed by atoms with Crippen LogP contribution in [-0.2, 0) is 9.59 Å². The van der Waals surface area contributed by atoms with Crippen molar-refractivity contribution < 1.29 is 9.59 Å². The van der Waals surface area contributed by atoms with Gasteiger partial charge in [0.15, 0.2) is 0 Å². The highest BCUT2D eigenvalue weighted by molar-refractivity contribution is 8.03. The minimum Gasteiger partial charge on any atom is -0.324 e. The summed E-state index contributed by atoms with van der Waals surface area (Å²) in [6, 6.07) is 15.6. The van der Waals surface area contributed by atoms with E-state index in [0.717, 1.165) is 28.1 Å². The number of anilines is 1. The number of thioether (sulfide) groups is 1. The molecule has 0 aromatic heterocycles. The highest BCUT2D eigenvalue weighted by atomic mass is 32.2. The summed E-state index contributed by atoms with van der Waals surface area (Å²) in [5.41, 5.74) is 4.54. The molecule has 1 aliphatic heterocycles. The van der Waals surface area contributed by atoms with Crippen LogP contribution < -0.4 is 5.32 Å². The van der Waals surface area contributed by atoms with Gasteiger partial charge in [-0.3, -0.25) is 9.59 Å². The van der Waals surface area contributed by atoms with E-state index in [9.17, 15) is 9.59 Å². The molecule has 4 nitrogen and oxygen atoms in total. The summed E-state index contributed by atoms with van der Waals surface area (Å²) in [5, 5.41) is 4.90. The Bertz CT molecular complexity index is 811. The average Bonchev–Trinajstić information content (AvgIpc) is 2.61. The normalized spacial score (nSPS) is 14.2. The maximum Gasteiger partial charge on any atom is 0.244 e. The molecule has 0 saturated heterocycles. The molecule has 0 fully saturated rings. The molecule has 0 unspecified atom stereocenters. The molecular formula is C20H20N2O2S. The third kappa shape index (κ3) is 3.94. The average molecular weight is 352 g/mol. The number of nitrogens with zero attached hydrogens (tertiary/aromatic N) is 1. The Morgan fingerprint density at radius 2 is 1.76 bits per heavy atom. The zero-order chi connectivity index (χ0) is 17.8. The zero-order valence-corrected chi connectivity index (χ0v) is 15.1. The summed E-state index contributed by atoms with van der Waals surface area (Å²) in [7, 11) is 0. The lowest BCUT2D eigenvalue weighted by Crippen LogP contribution is -2.39. The SMILES string of the molecule is Cc1cccc(C)c1NC(=O)CN1C(=O)CSC=C1c1ccccc1. The first-order valence-corrected chi connectivity index (χ1v) is 9.15. The van der Waals surface area contributed by atoms with Gasteiger partial charge in [0.25, 0.3) is 0 Å². The molecule has 0 atom stereocenters. The largest absolute Gasteiger partial charge is 0.324 e. The third-order valence-electron chi connectivity index (χ3n) is 4.11. The summed E-state index contributed by atoms with van der Waals surface area (Å²) in [4.78, 5) is 26.5. The first kappa shape index (κ1) is 17.3. The molecule has 1 N–H and O–H groups in total. The Labute approximate surface area is 151 Å². The van der Waals surface area contributed by atoms with E-state index in [2.05, 4.69) is 5.32 Å². The van der Waals surface area contributed by atoms with Crippen LogP contribution in [0.1, 0.15) is 16.7 Å². The van der Waals surface area contributed by atoms with E-state index in [0.29, 0.717) is 5.75 Å². The molecule has 25 heavy (non-hydrogen) atoms. The van der Waals surface area contributed by atoms with Crippen molar-refractivity contribution in [2.45, 2.75) is 13.8 Å². The van der Waals surface area contributed by atoms with E-state index in [4.69, 9.17) is 0 Å². The molecule has 0 bridgehead atoms. The Hall–Kier alpha value is -2.53. The molecule has 0 radical (unpaired) electrons. The van der Waals surface area contributed by atoms with Crippen molar-refractivity contribution in [3.8, 4) is 0 Å². The Kier molecular flexibility index (Phi) is 5.24. The maximum atomic E-state index is 12.6. The number of hydrogen-bond donors (Lipinski definition) is 1. The quantitative estimate of drug-likeness (QED) is 0.910. The second-order valence-electron chi connectivity index (χ2n) is 5.97. The zero-order valence-electron chi connectivity index (χ0n) is 14.3. The van der Waals surface area contributed by atoms with Gasteiger partial charge in [-0.05, 0) is 35.9 Å². The van der Waals surface area contributed by atoms with Crippen molar-refractivity contribution in [1.29, 1.82) is 0 Å². The van der Waals surface area contributed by atoms with Gasteiger partial charge >= 0.3 is 0 Å². The van der Waals surface area contributed by atoms with E-state index in [1.807, 2.05) is 67.8 Å². The van der Waals surface area contributed by atoms with Gasteiger partial charge in [0, 0.05) is 5.69 Å². The Morgan fingerprint density at radius 3 is 2.44 bits per heavy atom. The second-order valence-corrected chi connectivity index (χ2v) is 6.83. The fraction of sp³-hybridized carbons (Fsp3) is 0.200. The van der Waals surface area contributed by atoms with Crippen LogP contribution in [-0.4, -0.2) is 29.0 Å². The van der Waals surface area contributed by atoms with Crippen LogP contribution in [0.3, 0.4) is 0 Å².